The third-order valence-corrected chi connectivity index (χ3v) is 2.63. The maximum atomic E-state index is 11.8. The monoisotopic (exact) mass is 244 g/mol. The zero-order valence-electron chi connectivity index (χ0n) is 9.40. The van der Waals surface area contributed by atoms with E-state index in [1.807, 2.05) is 19.0 Å². The SMILES string of the molecule is CNCC(C)CN(C)CCSC(F)(F)F. The van der Waals surface area contributed by atoms with Crippen molar-refractivity contribution in [1.82, 2.24) is 10.2 Å². The molecular formula is C9H19F3N2S. The highest BCUT2D eigenvalue weighted by Crippen LogP contribution is 2.29. The second kappa shape index (κ2) is 7.35. The second-order valence-corrected chi connectivity index (χ2v) is 4.88. The van der Waals surface area contributed by atoms with E-state index in [4.69, 9.17) is 0 Å². The smallest absolute Gasteiger partial charge is 0.319 e. The molecule has 0 heterocycles. The summed E-state index contributed by atoms with van der Waals surface area (Å²) in [6.07, 6.45) is 0. The van der Waals surface area contributed by atoms with Crippen LogP contribution in [0.1, 0.15) is 6.92 Å². The van der Waals surface area contributed by atoms with Crippen molar-refractivity contribution in [3.05, 3.63) is 0 Å². The molecule has 0 fully saturated rings. The number of rotatable bonds is 7. The summed E-state index contributed by atoms with van der Waals surface area (Å²) in [6, 6.07) is 0. The molecule has 0 rings (SSSR count). The van der Waals surface area contributed by atoms with E-state index in [2.05, 4.69) is 12.2 Å². The van der Waals surface area contributed by atoms with E-state index in [9.17, 15) is 13.2 Å². The summed E-state index contributed by atoms with van der Waals surface area (Å²) in [7, 11) is 3.72. The molecule has 0 aromatic carbocycles. The molecule has 0 aromatic heterocycles. The lowest BCUT2D eigenvalue weighted by Gasteiger charge is -2.21. The molecule has 92 valence electrons. The number of hydrogen-bond acceptors (Lipinski definition) is 3. The summed E-state index contributed by atoms with van der Waals surface area (Å²) in [4.78, 5) is 1.93. The molecule has 1 unspecified atom stereocenters. The molecule has 0 bridgehead atoms. The second-order valence-electron chi connectivity index (χ2n) is 3.72. The molecule has 0 saturated heterocycles. The van der Waals surface area contributed by atoms with Crippen molar-refractivity contribution in [2.24, 2.45) is 5.92 Å². The van der Waals surface area contributed by atoms with Gasteiger partial charge in [-0.15, -0.1) is 0 Å². The van der Waals surface area contributed by atoms with Crippen LogP contribution in [0.5, 0.6) is 0 Å². The van der Waals surface area contributed by atoms with Crippen LogP contribution in [0.3, 0.4) is 0 Å². The summed E-state index contributed by atoms with van der Waals surface area (Å²) in [5.41, 5.74) is -4.10. The lowest BCUT2D eigenvalue weighted by Crippen LogP contribution is -2.31. The summed E-state index contributed by atoms with van der Waals surface area (Å²) < 4.78 is 35.5. The summed E-state index contributed by atoms with van der Waals surface area (Å²) >= 11 is 0.0450. The first-order valence-electron chi connectivity index (χ1n) is 4.89. The van der Waals surface area contributed by atoms with Gasteiger partial charge in [-0.3, -0.25) is 0 Å². The number of halogens is 3. The Morgan fingerprint density at radius 3 is 2.47 bits per heavy atom. The van der Waals surface area contributed by atoms with E-state index in [1.165, 1.54) is 0 Å². The highest BCUT2D eigenvalue weighted by Gasteiger charge is 2.27. The van der Waals surface area contributed by atoms with E-state index >= 15 is 0 Å². The predicted molar refractivity (Wildman–Crippen MR) is 59.1 cm³/mol. The van der Waals surface area contributed by atoms with Gasteiger partial charge in [0.2, 0.25) is 0 Å². The fraction of sp³-hybridized carbons (Fsp3) is 1.00. The van der Waals surface area contributed by atoms with Crippen molar-refractivity contribution in [1.29, 1.82) is 0 Å². The van der Waals surface area contributed by atoms with Gasteiger partial charge in [0, 0.05) is 18.8 Å². The van der Waals surface area contributed by atoms with Gasteiger partial charge in [-0.05, 0) is 38.3 Å². The van der Waals surface area contributed by atoms with Crippen LogP contribution in [0.15, 0.2) is 0 Å². The molecule has 0 amide bonds. The topological polar surface area (TPSA) is 15.3 Å². The molecule has 0 aliphatic rings. The summed E-state index contributed by atoms with van der Waals surface area (Å²) in [6.45, 7) is 4.25. The molecule has 1 atom stereocenters. The van der Waals surface area contributed by atoms with Crippen LogP contribution in [0.25, 0.3) is 0 Å². The van der Waals surface area contributed by atoms with Crippen molar-refractivity contribution in [2.45, 2.75) is 12.4 Å². The summed E-state index contributed by atoms with van der Waals surface area (Å²) in [5.74, 6) is 0.558. The first-order chi connectivity index (χ1) is 6.85. The molecular weight excluding hydrogens is 225 g/mol. The van der Waals surface area contributed by atoms with Gasteiger partial charge < -0.3 is 10.2 Å². The Morgan fingerprint density at radius 2 is 2.00 bits per heavy atom. The molecule has 0 aliphatic carbocycles. The molecule has 15 heavy (non-hydrogen) atoms. The average Bonchev–Trinajstić information content (AvgIpc) is 2.01. The van der Waals surface area contributed by atoms with Crippen LogP contribution >= 0.6 is 11.8 Å². The fourth-order valence-electron chi connectivity index (χ4n) is 1.35. The quantitative estimate of drug-likeness (QED) is 0.737. The van der Waals surface area contributed by atoms with Crippen molar-refractivity contribution >= 4 is 11.8 Å². The highest BCUT2D eigenvalue weighted by molar-refractivity contribution is 8.00. The lowest BCUT2D eigenvalue weighted by atomic mass is 10.2. The van der Waals surface area contributed by atoms with E-state index in [0.717, 1.165) is 13.1 Å². The first-order valence-corrected chi connectivity index (χ1v) is 5.87. The molecule has 0 saturated carbocycles. The van der Waals surface area contributed by atoms with Crippen molar-refractivity contribution in [2.75, 3.05) is 39.5 Å². The minimum Gasteiger partial charge on any atom is -0.319 e. The van der Waals surface area contributed by atoms with Crippen LogP contribution < -0.4 is 5.32 Å². The zero-order valence-corrected chi connectivity index (χ0v) is 10.2. The van der Waals surface area contributed by atoms with Crippen LogP contribution in [-0.2, 0) is 0 Å². The Labute approximate surface area is 93.6 Å². The standard InChI is InChI=1S/C9H19F3N2S/c1-8(6-13-2)7-14(3)4-5-15-9(10,11)12/h8,13H,4-7H2,1-3H3. The molecule has 6 heteroatoms. The van der Waals surface area contributed by atoms with Crippen molar-refractivity contribution in [3.63, 3.8) is 0 Å². The van der Waals surface area contributed by atoms with Crippen molar-refractivity contribution in [3.8, 4) is 0 Å². The van der Waals surface area contributed by atoms with E-state index in [0.29, 0.717) is 12.5 Å². The highest BCUT2D eigenvalue weighted by atomic mass is 32.2. The van der Waals surface area contributed by atoms with E-state index < -0.39 is 5.51 Å². The van der Waals surface area contributed by atoms with E-state index in [-0.39, 0.29) is 17.5 Å². The Bertz CT molecular complexity index is 164. The third kappa shape index (κ3) is 10.3. The van der Waals surface area contributed by atoms with Crippen LogP contribution in [0, 0.1) is 5.92 Å². The van der Waals surface area contributed by atoms with Gasteiger partial charge in [-0.2, -0.15) is 13.2 Å². The average molecular weight is 244 g/mol. The number of nitrogens with one attached hydrogen (secondary N) is 1. The van der Waals surface area contributed by atoms with Gasteiger partial charge >= 0.3 is 5.51 Å². The van der Waals surface area contributed by atoms with Crippen molar-refractivity contribution < 1.29 is 13.2 Å². The minimum absolute atomic E-state index is 0.0450. The minimum atomic E-state index is -4.10. The largest absolute Gasteiger partial charge is 0.441 e. The van der Waals surface area contributed by atoms with Gasteiger partial charge in [0.15, 0.2) is 0 Å². The molecule has 0 aromatic rings. The Hall–Kier alpha value is 0.0600. The Morgan fingerprint density at radius 1 is 1.40 bits per heavy atom. The zero-order chi connectivity index (χ0) is 11.9. The number of hydrogen-bond donors (Lipinski definition) is 1. The molecule has 0 aliphatic heterocycles. The number of thioether (sulfide) groups is 1. The summed E-state index contributed by atoms with van der Waals surface area (Å²) in [5, 5.41) is 3.04. The van der Waals surface area contributed by atoms with Crippen LogP contribution in [-0.4, -0.2) is 49.9 Å². The van der Waals surface area contributed by atoms with Gasteiger partial charge in [0.05, 0.1) is 0 Å². The van der Waals surface area contributed by atoms with Crippen LogP contribution in [0.2, 0.25) is 0 Å². The van der Waals surface area contributed by atoms with Gasteiger partial charge in [-0.1, -0.05) is 6.92 Å². The molecule has 1 N–H and O–H groups in total. The van der Waals surface area contributed by atoms with Gasteiger partial charge in [0.25, 0.3) is 0 Å². The first kappa shape index (κ1) is 15.1. The number of nitrogens with zero attached hydrogens (tertiary/aromatic N) is 1. The fourth-order valence-corrected chi connectivity index (χ4v) is 1.99. The van der Waals surface area contributed by atoms with Gasteiger partial charge in [-0.25, -0.2) is 0 Å². The molecule has 2 nitrogen and oxygen atoms in total. The predicted octanol–water partition coefficient (Wildman–Crippen LogP) is 2.03. The molecule has 0 radical (unpaired) electrons. The van der Waals surface area contributed by atoms with Crippen LogP contribution in [0.4, 0.5) is 13.2 Å². The Balaban J connectivity index is 3.53. The maximum Gasteiger partial charge on any atom is 0.441 e. The normalized spacial score (nSPS) is 14.6. The van der Waals surface area contributed by atoms with E-state index in [1.54, 1.807) is 0 Å². The maximum absolute atomic E-state index is 11.8. The van der Waals surface area contributed by atoms with Gasteiger partial charge in [0.1, 0.15) is 0 Å². The molecule has 0 spiro atoms. The third-order valence-electron chi connectivity index (χ3n) is 1.91. The Kier molecular flexibility index (Phi) is 7.38. The number of alkyl halides is 3. The lowest BCUT2D eigenvalue weighted by molar-refractivity contribution is -0.0328.